The second-order valence-electron chi connectivity index (χ2n) is 2.94. The van der Waals surface area contributed by atoms with Crippen molar-refractivity contribution < 1.29 is 27.4 Å². The minimum absolute atomic E-state index is 0.137. The minimum atomic E-state index is -3.15. The number of alkyl halides is 3. The van der Waals surface area contributed by atoms with E-state index in [1.54, 1.807) is 0 Å². The minimum Gasteiger partial charge on any atom is -0.465 e. The number of carbonyl (C=O) groups excluding carboxylic acids is 1. The Morgan fingerprint density at radius 3 is 2.59 bits per heavy atom. The summed E-state index contributed by atoms with van der Waals surface area (Å²) in [4.78, 5) is 11.3. The van der Waals surface area contributed by atoms with Crippen molar-refractivity contribution in [3.8, 4) is 5.75 Å². The molecule has 1 aromatic rings. The topological polar surface area (TPSA) is 35.5 Å². The molecule has 94 valence electrons. The number of rotatable bonds is 4. The number of carbonyl (C=O) groups is 1. The first-order valence-electron chi connectivity index (χ1n) is 4.41. The average molecular weight is 313 g/mol. The maximum absolute atomic E-state index is 13.3. The van der Waals surface area contributed by atoms with Gasteiger partial charge in [-0.15, -0.1) is 0 Å². The van der Waals surface area contributed by atoms with Crippen LogP contribution in [0.25, 0.3) is 0 Å². The normalized spacial score (nSPS) is 10.5. The molecule has 0 unspecified atom stereocenters. The van der Waals surface area contributed by atoms with Crippen LogP contribution in [0.2, 0.25) is 0 Å². The molecule has 0 N–H and O–H groups in total. The second-order valence-corrected chi connectivity index (χ2v) is 3.50. The third-order valence-electron chi connectivity index (χ3n) is 1.91. The van der Waals surface area contributed by atoms with Gasteiger partial charge in [0.25, 0.3) is 0 Å². The van der Waals surface area contributed by atoms with E-state index in [0.717, 1.165) is 19.2 Å². The number of methoxy groups -OCH3 is 1. The summed E-state index contributed by atoms with van der Waals surface area (Å²) in [5, 5.41) is 0.137. The summed E-state index contributed by atoms with van der Waals surface area (Å²) in [7, 11) is 1.09. The predicted octanol–water partition coefficient (Wildman–Crippen LogP) is 3.11. The summed E-state index contributed by atoms with van der Waals surface area (Å²) >= 11 is 3.01. The predicted molar refractivity (Wildman–Crippen MR) is 57.0 cm³/mol. The largest absolute Gasteiger partial charge is 0.465 e. The molecule has 0 aromatic heterocycles. The zero-order valence-electron chi connectivity index (χ0n) is 8.68. The fourth-order valence-corrected chi connectivity index (χ4v) is 1.59. The molecule has 0 bridgehead atoms. The van der Waals surface area contributed by atoms with E-state index in [-0.39, 0.29) is 16.5 Å². The number of halogens is 4. The molecule has 17 heavy (non-hydrogen) atoms. The summed E-state index contributed by atoms with van der Waals surface area (Å²) in [6, 6.07) is 1.84. The quantitative estimate of drug-likeness (QED) is 0.633. The third-order valence-corrected chi connectivity index (χ3v) is 2.52. The van der Waals surface area contributed by atoms with Gasteiger partial charge in [0.05, 0.1) is 7.11 Å². The second kappa shape index (κ2) is 5.90. The lowest BCUT2D eigenvalue weighted by atomic mass is 10.1. The van der Waals surface area contributed by atoms with Crippen LogP contribution >= 0.6 is 15.9 Å². The highest BCUT2D eigenvalue weighted by molar-refractivity contribution is 9.08. The molecule has 0 aliphatic heterocycles. The van der Waals surface area contributed by atoms with Crippen LogP contribution in [0.4, 0.5) is 13.2 Å². The van der Waals surface area contributed by atoms with Gasteiger partial charge in [-0.05, 0) is 11.6 Å². The molecule has 0 saturated heterocycles. The Morgan fingerprint density at radius 1 is 1.47 bits per heavy atom. The van der Waals surface area contributed by atoms with Crippen LogP contribution in [-0.4, -0.2) is 19.7 Å². The van der Waals surface area contributed by atoms with E-state index in [4.69, 9.17) is 0 Å². The van der Waals surface area contributed by atoms with E-state index in [1.165, 1.54) is 0 Å². The van der Waals surface area contributed by atoms with Crippen LogP contribution in [0, 0.1) is 5.82 Å². The number of esters is 1. The smallest absolute Gasteiger partial charge is 0.387 e. The maximum atomic E-state index is 13.3. The Morgan fingerprint density at radius 2 is 2.12 bits per heavy atom. The van der Waals surface area contributed by atoms with Crippen LogP contribution in [-0.2, 0) is 10.1 Å². The van der Waals surface area contributed by atoms with E-state index in [0.29, 0.717) is 0 Å². The Balaban J connectivity index is 3.25. The van der Waals surface area contributed by atoms with Gasteiger partial charge in [-0.2, -0.15) is 8.78 Å². The van der Waals surface area contributed by atoms with Crippen LogP contribution < -0.4 is 4.74 Å². The molecule has 3 nitrogen and oxygen atoms in total. The summed E-state index contributed by atoms with van der Waals surface area (Å²) in [5.74, 6) is -2.16. The molecule has 0 heterocycles. The zero-order valence-corrected chi connectivity index (χ0v) is 10.3. The van der Waals surface area contributed by atoms with Gasteiger partial charge >= 0.3 is 12.6 Å². The van der Waals surface area contributed by atoms with Crippen molar-refractivity contribution in [2.24, 2.45) is 0 Å². The van der Waals surface area contributed by atoms with Gasteiger partial charge in [0.15, 0.2) is 0 Å². The maximum Gasteiger partial charge on any atom is 0.387 e. The van der Waals surface area contributed by atoms with Gasteiger partial charge in [0.1, 0.15) is 17.1 Å². The van der Waals surface area contributed by atoms with Crippen LogP contribution in [0.15, 0.2) is 12.1 Å². The first-order valence-corrected chi connectivity index (χ1v) is 5.53. The molecule has 0 aliphatic carbocycles. The van der Waals surface area contributed by atoms with Crippen molar-refractivity contribution >= 4 is 21.9 Å². The standard InChI is InChI=1S/C10H8BrF3O3/c1-16-9(15)6-2-5(4-11)7(12)3-8(6)17-10(13)14/h2-3,10H,4H2,1H3. The molecule has 0 radical (unpaired) electrons. The van der Waals surface area contributed by atoms with E-state index in [9.17, 15) is 18.0 Å². The van der Waals surface area contributed by atoms with E-state index in [1.807, 2.05) is 0 Å². The number of ether oxygens (including phenoxy) is 2. The van der Waals surface area contributed by atoms with E-state index < -0.39 is 24.1 Å². The van der Waals surface area contributed by atoms with Crippen molar-refractivity contribution in [3.63, 3.8) is 0 Å². The van der Waals surface area contributed by atoms with E-state index in [2.05, 4.69) is 25.4 Å². The third kappa shape index (κ3) is 3.36. The molecule has 0 spiro atoms. The van der Waals surface area contributed by atoms with Gasteiger partial charge < -0.3 is 9.47 Å². The summed E-state index contributed by atoms with van der Waals surface area (Å²) in [6.07, 6.45) is 0. The molecular formula is C10H8BrF3O3. The number of hydrogen-bond donors (Lipinski definition) is 0. The lowest BCUT2D eigenvalue weighted by molar-refractivity contribution is -0.0505. The van der Waals surface area contributed by atoms with E-state index >= 15 is 0 Å². The Bertz CT molecular complexity index is 424. The van der Waals surface area contributed by atoms with Crippen molar-refractivity contribution in [1.82, 2.24) is 0 Å². The number of hydrogen-bond acceptors (Lipinski definition) is 3. The monoisotopic (exact) mass is 312 g/mol. The Hall–Kier alpha value is -1.24. The van der Waals surface area contributed by atoms with Crippen LogP contribution in [0.5, 0.6) is 5.75 Å². The van der Waals surface area contributed by atoms with Gasteiger partial charge in [-0.3, -0.25) is 0 Å². The molecule has 0 atom stereocenters. The summed E-state index contributed by atoms with van der Waals surface area (Å²) in [5.41, 5.74) is -0.101. The lowest BCUT2D eigenvalue weighted by Crippen LogP contribution is -2.10. The zero-order chi connectivity index (χ0) is 13.0. The molecule has 0 saturated carbocycles. The first-order chi connectivity index (χ1) is 7.99. The fourth-order valence-electron chi connectivity index (χ4n) is 1.17. The summed E-state index contributed by atoms with van der Waals surface area (Å²) < 4.78 is 45.9. The molecule has 0 amide bonds. The van der Waals surface area contributed by atoms with Crippen molar-refractivity contribution in [2.45, 2.75) is 11.9 Å². The van der Waals surface area contributed by atoms with Crippen LogP contribution in [0.1, 0.15) is 15.9 Å². The van der Waals surface area contributed by atoms with Crippen molar-refractivity contribution in [2.75, 3.05) is 7.11 Å². The van der Waals surface area contributed by atoms with Gasteiger partial charge in [-0.1, -0.05) is 15.9 Å². The molecule has 0 aliphatic rings. The van der Waals surface area contributed by atoms with Crippen molar-refractivity contribution in [1.29, 1.82) is 0 Å². The summed E-state index contributed by atoms with van der Waals surface area (Å²) in [6.45, 7) is -3.15. The molecular weight excluding hydrogens is 305 g/mol. The highest BCUT2D eigenvalue weighted by Crippen LogP contribution is 2.26. The fraction of sp³-hybridized carbons (Fsp3) is 0.300. The average Bonchev–Trinajstić information content (AvgIpc) is 2.27. The van der Waals surface area contributed by atoms with Gasteiger partial charge in [0, 0.05) is 11.4 Å². The molecule has 1 rings (SSSR count). The van der Waals surface area contributed by atoms with Gasteiger partial charge in [-0.25, -0.2) is 9.18 Å². The highest BCUT2D eigenvalue weighted by Gasteiger charge is 2.19. The Labute approximate surface area is 104 Å². The van der Waals surface area contributed by atoms with Crippen LogP contribution in [0.3, 0.4) is 0 Å². The number of benzene rings is 1. The molecule has 1 aromatic carbocycles. The van der Waals surface area contributed by atoms with Crippen molar-refractivity contribution in [3.05, 3.63) is 29.1 Å². The first kappa shape index (κ1) is 13.8. The van der Waals surface area contributed by atoms with Gasteiger partial charge in [0.2, 0.25) is 0 Å². The molecule has 0 fully saturated rings. The highest BCUT2D eigenvalue weighted by atomic mass is 79.9. The lowest BCUT2D eigenvalue weighted by Gasteiger charge is -2.11. The molecule has 7 heteroatoms. The SMILES string of the molecule is COC(=O)c1cc(CBr)c(F)cc1OC(F)F. The Kier molecular flexibility index (Phi) is 4.80.